The lowest BCUT2D eigenvalue weighted by Gasteiger charge is -2.25. The number of rotatable bonds is 4. The van der Waals surface area contributed by atoms with Crippen molar-refractivity contribution in [3.8, 4) is 0 Å². The molecular weight excluding hydrogens is 346 g/mol. The Bertz CT molecular complexity index is 1010. The van der Waals surface area contributed by atoms with Gasteiger partial charge in [0.1, 0.15) is 0 Å². The van der Waals surface area contributed by atoms with Gasteiger partial charge in [-0.2, -0.15) is 0 Å². The van der Waals surface area contributed by atoms with Crippen molar-refractivity contribution in [2.24, 2.45) is 0 Å². The predicted octanol–water partition coefficient (Wildman–Crippen LogP) is 5.26. The average molecular weight is 369 g/mol. The molecule has 0 fully saturated rings. The molecule has 0 aliphatic carbocycles. The lowest BCUT2D eigenvalue weighted by molar-refractivity contribution is -0.118. The monoisotopic (exact) mass is 369 g/mol. The van der Waals surface area contributed by atoms with Gasteiger partial charge in [-0.25, -0.2) is 0 Å². The highest BCUT2D eigenvalue weighted by Gasteiger charge is 2.31. The van der Waals surface area contributed by atoms with Crippen LogP contribution in [0.5, 0.6) is 0 Å². The maximum absolute atomic E-state index is 13.2. The predicted molar refractivity (Wildman–Crippen MR) is 112 cm³/mol. The summed E-state index contributed by atoms with van der Waals surface area (Å²) in [6, 6.07) is 26.9. The van der Waals surface area contributed by atoms with Gasteiger partial charge < -0.3 is 9.64 Å². The second-order valence-corrected chi connectivity index (χ2v) is 6.85. The Morgan fingerprint density at radius 3 is 2.36 bits per heavy atom. The summed E-state index contributed by atoms with van der Waals surface area (Å²) in [5, 5.41) is 0. The number of benzene rings is 3. The average Bonchev–Trinajstić information content (AvgIpc) is 2.88. The highest BCUT2D eigenvalue weighted by Crippen LogP contribution is 2.42. The SMILES string of the molecule is C=C(OCC)C(=O)N1Cc2ccccc2C(c2ccccc2)c2ccccc21. The third-order valence-corrected chi connectivity index (χ3v) is 5.17. The normalized spacial score (nSPS) is 15.2. The first-order valence-electron chi connectivity index (χ1n) is 9.56. The van der Waals surface area contributed by atoms with E-state index in [0.717, 1.165) is 16.8 Å². The molecule has 0 saturated carbocycles. The lowest BCUT2D eigenvalue weighted by Crippen LogP contribution is -2.32. The van der Waals surface area contributed by atoms with E-state index in [1.165, 1.54) is 11.1 Å². The summed E-state index contributed by atoms with van der Waals surface area (Å²) in [4.78, 5) is 14.9. The van der Waals surface area contributed by atoms with E-state index in [1.54, 1.807) is 4.90 Å². The summed E-state index contributed by atoms with van der Waals surface area (Å²) >= 11 is 0. The first kappa shape index (κ1) is 18.1. The third-order valence-electron chi connectivity index (χ3n) is 5.17. The summed E-state index contributed by atoms with van der Waals surface area (Å²) in [5.74, 6) is 0.0394. The fraction of sp³-hybridized carbons (Fsp3) is 0.160. The number of carbonyl (C=O) groups excluding carboxylic acids is 1. The number of fused-ring (bicyclic) bond motifs is 2. The number of hydrogen-bond donors (Lipinski definition) is 0. The van der Waals surface area contributed by atoms with Crippen LogP contribution in [0, 0.1) is 0 Å². The van der Waals surface area contributed by atoms with Gasteiger partial charge in [0, 0.05) is 11.6 Å². The van der Waals surface area contributed by atoms with E-state index in [2.05, 4.69) is 55.1 Å². The molecule has 3 aromatic rings. The van der Waals surface area contributed by atoms with E-state index >= 15 is 0 Å². The summed E-state index contributed by atoms with van der Waals surface area (Å²) in [7, 11) is 0. The molecule has 4 rings (SSSR count). The van der Waals surface area contributed by atoms with Crippen LogP contribution in [0.25, 0.3) is 0 Å². The van der Waals surface area contributed by atoms with Gasteiger partial charge in [-0.1, -0.05) is 79.4 Å². The third kappa shape index (κ3) is 3.20. The second kappa shape index (κ2) is 7.73. The standard InChI is InChI=1S/C25H23NO2/c1-3-28-18(2)25(27)26-17-20-13-7-8-14-21(20)24(19-11-5-4-6-12-19)22-15-9-10-16-23(22)26/h4-16,24H,2-3,17H2,1H3. The first-order chi connectivity index (χ1) is 13.7. The summed E-state index contributed by atoms with van der Waals surface area (Å²) in [6.07, 6.45) is 0. The summed E-state index contributed by atoms with van der Waals surface area (Å²) < 4.78 is 5.43. The zero-order valence-corrected chi connectivity index (χ0v) is 16.0. The zero-order valence-electron chi connectivity index (χ0n) is 16.0. The van der Waals surface area contributed by atoms with Crippen molar-refractivity contribution < 1.29 is 9.53 Å². The molecule has 1 atom stereocenters. The Hall–Kier alpha value is -3.33. The van der Waals surface area contributed by atoms with Crippen LogP contribution in [-0.4, -0.2) is 12.5 Å². The molecule has 0 bridgehead atoms. The topological polar surface area (TPSA) is 29.5 Å². The maximum Gasteiger partial charge on any atom is 0.293 e. The molecule has 0 N–H and O–H groups in total. The number of ether oxygens (including phenoxy) is 1. The molecule has 0 radical (unpaired) electrons. The van der Waals surface area contributed by atoms with Crippen LogP contribution in [0.3, 0.4) is 0 Å². The van der Waals surface area contributed by atoms with Crippen LogP contribution in [0.2, 0.25) is 0 Å². The fourth-order valence-electron chi connectivity index (χ4n) is 3.93. The fourth-order valence-corrected chi connectivity index (χ4v) is 3.93. The van der Waals surface area contributed by atoms with Gasteiger partial charge >= 0.3 is 0 Å². The highest BCUT2D eigenvalue weighted by molar-refractivity contribution is 6.04. The van der Waals surface area contributed by atoms with Crippen molar-refractivity contribution in [1.82, 2.24) is 0 Å². The van der Waals surface area contributed by atoms with Gasteiger partial charge in [0.15, 0.2) is 5.76 Å². The minimum absolute atomic E-state index is 0.0618. The van der Waals surface area contributed by atoms with Crippen molar-refractivity contribution in [3.05, 3.63) is 113 Å². The number of anilines is 1. The van der Waals surface area contributed by atoms with Crippen molar-refractivity contribution in [2.45, 2.75) is 19.4 Å². The van der Waals surface area contributed by atoms with Crippen LogP contribution in [0.4, 0.5) is 5.69 Å². The largest absolute Gasteiger partial charge is 0.489 e. The van der Waals surface area contributed by atoms with Crippen LogP contribution in [0.1, 0.15) is 35.1 Å². The minimum atomic E-state index is -0.196. The maximum atomic E-state index is 13.2. The van der Waals surface area contributed by atoms with E-state index in [-0.39, 0.29) is 17.6 Å². The Balaban J connectivity index is 1.92. The smallest absolute Gasteiger partial charge is 0.293 e. The van der Waals surface area contributed by atoms with E-state index in [0.29, 0.717) is 13.2 Å². The molecule has 3 nitrogen and oxygen atoms in total. The van der Waals surface area contributed by atoms with Crippen LogP contribution in [0.15, 0.2) is 91.2 Å². The zero-order chi connectivity index (χ0) is 19.5. The molecule has 1 heterocycles. The van der Waals surface area contributed by atoms with Crippen molar-refractivity contribution in [2.75, 3.05) is 11.5 Å². The molecule has 3 aromatic carbocycles. The molecule has 3 heteroatoms. The minimum Gasteiger partial charge on any atom is -0.489 e. The number of hydrogen-bond acceptors (Lipinski definition) is 2. The van der Waals surface area contributed by atoms with E-state index < -0.39 is 0 Å². The molecule has 1 amide bonds. The van der Waals surface area contributed by atoms with Gasteiger partial charge in [0.2, 0.25) is 0 Å². The lowest BCUT2D eigenvalue weighted by atomic mass is 9.83. The molecule has 0 aromatic heterocycles. The molecule has 1 aliphatic heterocycles. The molecule has 0 saturated heterocycles. The Kier molecular flexibility index (Phi) is 4.98. The Morgan fingerprint density at radius 2 is 1.61 bits per heavy atom. The Labute approximate surface area is 165 Å². The second-order valence-electron chi connectivity index (χ2n) is 6.85. The highest BCUT2D eigenvalue weighted by atomic mass is 16.5. The van der Waals surface area contributed by atoms with Crippen molar-refractivity contribution in [3.63, 3.8) is 0 Å². The summed E-state index contributed by atoms with van der Waals surface area (Å²) in [6.45, 7) is 6.61. The van der Waals surface area contributed by atoms with Gasteiger partial charge in [-0.05, 0) is 35.2 Å². The molecule has 1 aliphatic rings. The van der Waals surface area contributed by atoms with Crippen LogP contribution >= 0.6 is 0 Å². The van der Waals surface area contributed by atoms with E-state index in [9.17, 15) is 4.79 Å². The Morgan fingerprint density at radius 1 is 0.964 bits per heavy atom. The molecule has 140 valence electrons. The van der Waals surface area contributed by atoms with Crippen LogP contribution < -0.4 is 4.90 Å². The summed E-state index contributed by atoms with van der Waals surface area (Å²) in [5.41, 5.74) is 5.57. The molecule has 28 heavy (non-hydrogen) atoms. The number of para-hydroxylation sites is 1. The van der Waals surface area contributed by atoms with Gasteiger partial charge in [-0.3, -0.25) is 4.79 Å². The van der Waals surface area contributed by atoms with E-state index in [1.807, 2.05) is 37.3 Å². The number of nitrogens with zero attached hydrogens (tertiary/aromatic N) is 1. The van der Waals surface area contributed by atoms with Gasteiger partial charge in [0.05, 0.1) is 13.2 Å². The molecule has 1 unspecified atom stereocenters. The van der Waals surface area contributed by atoms with Crippen molar-refractivity contribution >= 4 is 11.6 Å². The van der Waals surface area contributed by atoms with Gasteiger partial charge in [0.25, 0.3) is 5.91 Å². The van der Waals surface area contributed by atoms with Gasteiger partial charge in [-0.15, -0.1) is 0 Å². The molecule has 0 spiro atoms. The molecular formula is C25H23NO2. The van der Waals surface area contributed by atoms with Crippen LogP contribution in [-0.2, 0) is 16.1 Å². The van der Waals surface area contributed by atoms with E-state index in [4.69, 9.17) is 4.74 Å². The van der Waals surface area contributed by atoms with Crippen molar-refractivity contribution in [1.29, 1.82) is 0 Å². The first-order valence-corrected chi connectivity index (χ1v) is 9.56. The number of amides is 1. The number of carbonyl (C=O) groups is 1. The quantitative estimate of drug-likeness (QED) is 0.463.